The number of benzene rings is 8. The zero-order valence-corrected chi connectivity index (χ0v) is 23.9. The zero-order chi connectivity index (χ0) is 29.0. The van der Waals surface area contributed by atoms with E-state index in [4.69, 9.17) is 4.42 Å². The summed E-state index contributed by atoms with van der Waals surface area (Å²) in [6, 6.07) is 58.5. The largest absolute Gasteiger partial charge is 0.456 e. The quantitative estimate of drug-likeness (QED) is 0.199. The van der Waals surface area contributed by atoms with Gasteiger partial charge in [0.1, 0.15) is 11.2 Å². The van der Waals surface area contributed by atoms with Crippen LogP contribution in [-0.2, 0) is 0 Å². The van der Waals surface area contributed by atoms with Crippen molar-refractivity contribution in [3.05, 3.63) is 164 Å². The smallest absolute Gasteiger partial charge is 0.136 e. The minimum Gasteiger partial charge on any atom is -0.456 e. The van der Waals surface area contributed by atoms with Crippen molar-refractivity contribution >= 4 is 71.3 Å². The molecule has 44 heavy (non-hydrogen) atoms. The highest BCUT2D eigenvalue weighted by atomic mass is 16.3. The van der Waals surface area contributed by atoms with Gasteiger partial charge in [-0.05, 0) is 104 Å². The van der Waals surface area contributed by atoms with E-state index in [1.165, 1.54) is 43.4 Å². The van der Waals surface area contributed by atoms with E-state index in [1.54, 1.807) is 0 Å². The minimum atomic E-state index is 0.926. The Morgan fingerprint density at radius 2 is 0.795 bits per heavy atom. The molecule has 0 aliphatic heterocycles. The van der Waals surface area contributed by atoms with E-state index in [-0.39, 0.29) is 0 Å². The molecule has 0 saturated heterocycles. The number of para-hydroxylation sites is 3. The number of hydrogen-bond donors (Lipinski definition) is 0. The minimum absolute atomic E-state index is 0.926. The van der Waals surface area contributed by atoms with Gasteiger partial charge >= 0.3 is 0 Å². The van der Waals surface area contributed by atoms with E-state index < -0.39 is 0 Å². The van der Waals surface area contributed by atoms with Crippen molar-refractivity contribution in [1.29, 1.82) is 0 Å². The Labute approximate surface area is 255 Å². The zero-order valence-electron chi connectivity index (χ0n) is 23.9. The Kier molecular flexibility index (Phi) is 5.54. The molecule has 0 spiro atoms. The highest BCUT2D eigenvalue weighted by molar-refractivity contribution is 6.28. The Bertz CT molecular complexity index is 2440. The second-order valence-electron chi connectivity index (χ2n) is 11.4. The Morgan fingerprint density at radius 3 is 1.48 bits per heavy atom. The van der Waals surface area contributed by atoms with Gasteiger partial charge in [0, 0.05) is 27.8 Å². The molecule has 0 N–H and O–H groups in total. The van der Waals surface area contributed by atoms with Crippen molar-refractivity contribution in [3.8, 4) is 11.1 Å². The number of nitrogens with zero attached hydrogens (tertiary/aromatic N) is 1. The Morgan fingerprint density at radius 1 is 0.295 bits per heavy atom. The number of hydrogen-bond acceptors (Lipinski definition) is 2. The molecule has 0 atom stereocenters. The van der Waals surface area contributed by atoms with Gasteiger partial charge in [-0.15, -0.1) is 0 Å². The Balaban J connectivity index is 1.20. The molecule has 2 heteroatoms. The van der Waals surface area contributed by atoms with Gasteiger partial charge in [-0.1, -0.05) is 103 Å². The van der Waals surface area contributed by atoms with Gasteiger partial charge < -0.3 is 9.32 Å². The molecular formula is C42H27NO. The molecule has 1 aromatic heterocycles. The van der Waals surface area contributed by atoms with Crippen LogP contribution in [0.1, 0.15) is 0 Å². The molecule has 0 aliphatic rings. The molecule has 8 aromatic carbocycles. The summed E-state index contributed by atoms with van der Waals surface area (Å²) >= 11 is 0. The molecule has 2 nitrogen and oxygen atoms in total. The molecule has 0 unspecified atom stereocenters. The Hall–Kier alpha value is -5.86. The lowest BCUT2D eigenvalue weighted by Gasteiger charge is -2.25. The van der Waals surface area contributed by atoms with E-state index in [0.717, 1.165) is 39.0 Å². The van der Waals surface area contributed by atoms with Gasteiger partial charge in [0.25, 0.3) is 0 Å². The van der Waals surface area contributed by atoms with Crippen molar-refractivity contribution < 1.29 is 4.42 Å². The fourth-order valence-corrected chi connectivity index (χ4v) is 6.76. The summed E-state index contributed by atoms with van der Waals surface area (Å²) in [7, 11) is 0. The molecule has 0 radical (unpaired) electrons. The normalized spacial score (nSPS) is 11.6. The first-order chi connectivity index (χ1) is 21.8. The van der Waals surface area contributed by atoms with E-state index in [0.29, 0.717) is 0 Å². The summed E-state index contributed by atoms with van der Waals surface area (Å²) in [5.41, 5.74) is 7.63. The van der Waals surface area contributed by atoms with Crippen molar-refractivity contribution in [2.24, 2.45) is 0 Å². The summed E-state index contributed by atoms with van der Waals surface area (Å²) in [5.74, 6) is 0. The number of fused-ring (bicyclic) bond motifs is 9. The van der Waals surface area contributed by atoms with Gasteiger partial charge in [0.05, 0.1) is 0 Å². The predicted octanol–water partition coefficient (Wildman–Crippen LogP) is 12.2. The average molecular weight is 562 g/mol. The highest BCUT2D eigenvalue weighted by Gasteiger charge is 2.15. The second-order valence-corrected chi connectivity index (χ2v) is 11.4. The van der Waals surface area contributed by atoms with Gasteiger partial charge in [-0.2, -0.15) is 0 Å². The number of anilines is 3. The maximum Gasteiger partial charge on any atom is 0.136 e. The molecule has 0 fully saturated rings. The fraction of sp³-hybridized carbons (Fsp3) is 0. The second kappa shape index (κ2) is 9.86. The van der Waals surface area contributed by atoms with E-state index in [1.807, 2.05) is 12.1 Å². The van der Waals surface area contributed by atoms with Crippen LogP contribution in [0.2, 0.25) is 0 Å². The van der Waals surface area contributed by atoms with Gasteiger partial charge in [0.15, 0.2) is 0 Å². The van der Waals surface area contributed by atoms with E-state index in [2.05, 4.69) is 157 Å². The summed E-state index contributed by atoms with van der Waals surface area (Å²) in [5, 5.41) is 9.80. The van der Waals surface area contributed by atoms with Crippen LogP contribution in [-0.4, -0.2) is 0 Å². The molecule has 0 saturated carbocycles. The summed E-state index contributed by atoms with van der Waals surface area (Å²) in [4.78, 5) is 2.29. The molecular weight excluding hydrogens is 534 g/mol. The van der Waals surface area contributed by atoms with Crippen LogP contribution in [0.5, 0.6) is 0 Å². The van der Waals surface area contributed by atoms with E-state index in [9.17, 15) is 0 Å². The molecule has 0 bridgehead atoms. The van der Waals surface area contributed by atoms with Gasteiger partial charge in [0.2, 0.25) is 0 Å². The summed E-state index contributed by atoms with van der Waals surface area (Å²) in [6.45, 7) is 0. The van der Waals surface area contributed by atoms with Gasteiger partial charge in [-0.25, -0.2) is 0 Å². The molecule has 206 valence electrons. The van der Waals surface area contributed by atoms with Crippen LogP contribution >= 0.6 is 0 Å². The molecule has 9 aromatic rings. The SMILES string of the molecule is c1ccc(N(c2ccccc2)c2ccc(-c3ccc4c(c3)c3ccccc3c3cc5c(cc43)oc3ccccc35)cc2)cc1. The monoisotopic (exact) mass is 561 g/mol. The third kappa shape index (κ3) is 3.89. The standard InChI is InChI=1S/C42H27NO/c1-3-11-30(12-4-1)43(31-13-5-2-6-14-31)32-22-19-28(20-23-32)29-21-24-35-37(25-29)33-15-7-8-16-34(33)38-26-40-36-17-9-10-18-41(36)44-42(40)27-39(35)38/h1-27H. The van der Waals surface area contributed by atoms with Crippen LogP contribution < -0.4 is 4.90 Å². The van der Waals surface area contributed by atoms with Gasteiger partial charge in [-0.3, -0.25) is 0 Å². The van der Waals surface area contributed by atoms with Crippen molar-refractivity contribution in [3.63, 3.8) is 0 Å². The summed E-state index contributed by atoms with van der Waals surface area (Å²) in [6.07, 6.45) is 0. The predicted molar refractivity (Wildman–Crippen MR) is 186 cm³/mol. The maximum atomic E-state index is 6.30. The molecule has 0 aliphatic carbocycles. The lowest BCUT2D eigenvalue weighted by atomic mass is 9.91. The lowest BCUT2D eigenvalue weighted by molar-refractivity contribution is 0.669. The van der Waals surface area contributed by atoms with Crippen molar-refractivity contribution in [2.75, 3.05) is 4.90 Å². The highest BCUT2D eigenvalue weighted by Crippen LogP contribution is 2.41. The molecule has 9 rings (SSSR count). The fourth-order valence-electron chi connectivity index (χ4n) is 6.76. The van der Waals surface area contributed by atoms with Crippen LogP contribution in [0.25, 0.3) is 65.4 Å². The number of furan rings is 1. The maximum absolute atomic E-state index is 6.30. The lowest BCUT2D eigenvalue weighted by Crippen LogP contribution is -2.09. The third-order valence-electron chi connectivity index (χ3n) is 8.82. The summed E-state index contributed by atoms with van der Waals surface area (Å²) < 4.78 is 6.30. The third-order valence-corrected chi connectivity index (χ3v) is 8.82. The average Bonchev–Trinajstić information content (AvgIpc) is 3.46. The van der Waals surface area contributed by atoms with Crippen molar-refractivity contribution in [1.82, 2.24) is 0 Å². The van der Waals surface area contributed by atoms with Crippen LogP contribution in [0.4, 0.5) is 17.1 Å². The topological polar surface area (TPSA) is 16.4 Å². The molecule has 1 heterocycles. The van der Waals surface area contributed by atoms with Crippen LogP contribution in [0, 0.1) is 0 Å². The first kappa shape index (κ1) is 24.7. The number of rotatable bonds is 4. The molecule has 0 amide bonds. The van der Waals surface area contributed by atoms with Crippen molar-refractivity contribution in [2.45, 2.75) is 0 Å². The first-order valence-electron chi connectivity index (χ1n) is 15.0. The van der Waals surface area contributed by atoms with Crippen LogP contribution in [0.15, 0.2) is 168 Å². The van der Waals surface area contributed by atoms with E-state index >= 15 is 0 Å². The van der Waals surface area contributed by atoms with Crippen LogP contribution in [0.3, 0.4) is 0 Å². The first-order valence-corrected chi connectivity index (χ1v) is 15.0.